The average Bonchev–Trinajstić information content (AvgIpc) is 3.19. The molecule has 4 unspecified atom stereocenters. The zero-order valence-electron chi connectivity index (χ0n) is 12.4. The van der Waals surface area contributed by atoms with E-state index in [9.17, 15) is 0 Å². The number of fused-ring (bicyclic) bond motifs is 3. The molecule has 0 amide bonds. The number of halogens is 1. The third kappa shape index (κ3) is 2.57. The molecular formula is C17H22BrNO2. The third-order valence-electron chi connectivity index (χ3n) is 5.55. The second-order valence-electron chi connectivity index (χ2n) is 6.82. The summed E-state index contributed by atoms with van der Waals surface area (Å²) in [4.78, 5) is 0. The predicted octanol–water partition coefficient (Wildman–Crippen LogP) is 4.09. The molecule has 0 saturated heterocycles. The molecule has 4 rings (SSSR count). The molecule has 1 heterocycles. The molecule has 3 nitrogen and oxygen atoms in total. The Labute approximate surface area is 134 Å². The molecule has 1 aromatic carbocycles. The monoisotopic (exact) mass is 351 g/mol. The highest BCUT2D eigenvalue weighted by Crippen LogP contribution is 2.49. The minimum absolute atomic E-state index is 0.326. The lowest BCUT2D eigenvalue weighted by molar-refractivity contribution is 0.173. The van der Waals surface area contributed by atoms with Crippen molar-refractivity contribution in [3.8, 4) is 11.5 Å². The van der Waals surface area contributed by atoms with E-state index in [1.807, 2.05) is 0 Å². The summed E-state index contributed by atoms with van der Waals surface area (Å²) in [6.07, 6.45) is 5.84. The van der Waals surface area contributed by atoms with Crippen molar-refractivity contribution in [3.05, 3.63) is 22.2 Å². The maximum Gasteiger partial charge on any atom is 0.231 e. The molecule has 4 atom stereocenters. The van der Waals surface area contributed by atoms with Gasteiger partial charge in [-0.3, -0.25) is 0 Å². The van der Waals surface area contributed by atoms with E-state index < -0.39 is 0 Å². The van der Waals surface area contributed by atoms with Crippen LogP contribution in [0.1, 0.15) is 38.2 Å². The number of hydrogen-bond donors (Lipinski definition) is 1. The SMILES string of the molecule is CC(NCc1cc(Br)c2c(c1)OCO2)C1CC2CCC1C2. The van der Waals surface area contributed by atoms with Crippen molar-refractivity contribution in [2.75, 3.05) is 6.79 Å². The Bertz CT molecular complexity index is 548. The number of hydrogen-bond acceptors (Lipinski definition) is 3. The summed E-state index contributed by atoms with van der Waals surface area (Å²) in [5, 5.41) is 3.73. The molecule has 0 aromatic heterocycles. The molecule has 4 heteroatoms. The molecule has 1 N–H and O–H groups in total. The largest absolute Gasteiger partial charge is 0.454 e. The van der Waals surface area contributed by atoms with E-state index in [1.54, 1.807) is 0 Å². The van der Waals surface area contributed by atoms with Crippen LogP contribution in [0, 0.1) is 17.8 Å². The normalized spacial score (nSPS) is 30.9. The Balaban J connectivity index is 1.39. The van der Waals surface area contributed by atoms with Crippen LogP contribution in [0.3, 0.4) is 0 Å². The van der Waals surface area contributed by atoms with Gasteiger partial charge in [0.2, 0.25) is 6.79 Å². The maximum absolute atomic E-state index is 5.49. The highest BCUT2D eigenvalue weighted by molar-refractivity contribution is 9.10. The highest BCUT2D eigenvalue weighted by Gasteiger charge is 2.41. The zero-order valence-corrected chi connectivity index (χ0v) is 14.0. The summed E-state index contributed by atoms with van der Waals surface area (Å²) >= 11 is 3.57. The van der Waals surface area contributed by atoms with Crippen molar-refractivity contribution in [2.24, 2.45) is 17.8 Å². The number of rotatable bonds is 4. The van der Waals surface area contributed by atoms with Crippen LogP contribution in [0.25, 0.3) is 0 Å². The van der Waals surface area contributed by atoms with E-state index in [0.717, 1.165) is 40.3 Å². The molecule has 0 spiro atoms. The molecule has 3 aliphatic rings. The summed E-state index contributed by atoms with van der Waals surface area (Å²) in [6.45, 7) is 3.57. The Morgan fingerprint density at radius 2 is 2.19 bits per heavy atom. The summed E-state index contributed by atoms with van der Waals surface area (Å²) in [5.74, 6) is 4.56. The van der Waals surface area contributed by atoms with Crippen LogP contribution in [-0.4, -0.2) is 12.8 Å². The first kappa shape index (κ1) is 13.9. The van der Waals surface area contributed by atoms with Gasteiger partial charge in [0, 0.05) is 12.6 Å². The van der Waals surface area contributed by atoms with E-state index in [4.69, 9.17) is 9.47 Å². The summed E-state index contributed by atoms with van der Waals surface area (Å²) in [7, 11) is 0. The Kier molecular flexibility index (Phi) is 3.62. The van der Waals surface area contributed by atoms with Gasteiger partial charge in [0.05, 0.1) is 4.47 Å². The lowest BCUT2D eigenvalue weighted by atomic mass is 9.84. The van der Waals surface area contributed by atoms with Crippen LogP contribution in [-0.2, 0) is 6.54 Å². The first-order valence-electron chi connectivity index (χ1n) is 8.02. The molecule has 2 aliphatic carbocycles. The number of benzene rings is 1. The van der Waals surface area contributed by atoms with Crippen LogP contribution >= 0.6 is 15.9 Å². The first-order chi connectivity index (χ1) is 10.2. The Morgan fingerprint density at radius 3 is 2.95 bits per heavy atom. The molecule has 114 valence electrons. The molecule has 1 aromatic rings. The fourth-order valence-corrected chi connectivity index (χ4v) is 5.06. The fraction of sp³-hybridized carbons (Fsp3) is 0.647. The van der Waals surface area contributed by atoms with Gasteiger partial charge in [-0.25, -0.2) is 0 Å². The molecule has 21 heavy (non-hydrogen) atoms. The van der Waals surface area contributed by atoms with Gasteiger partial charge in [-0.15, -0.1) is 0 Å². The van der Waals surface area contributed by atoms with Gasteiger partial charge in [-0.2, -0.15) is 0 Å². The minimum Gasteiger partial charge on any atom is -0.454 e. The molecule has 1 aliphatic heterocycles. The van der Waals surface area contributed by atoms with E-state index in [2.05, 4.69) is 40.3 Å². The third-order valence-corrected chi connectivity index (χ3v) is 6.14. The molecular weight excluding hydrogens is 330 g/mol. The highest BCUT2D eigenvalue weighted by atomic mass is 79.9. The van der Waals surface area contributed by atoms with E-state index in [1.165, 1.54) is 31.2 Å². The van der Waals surface area contributed by atoms with E-state index in [0.29, 0.717) is 12.8 Å². The van der Waals surface area contributed by atoms with Gasteiger partial charge in [0.15, 0.2) is 11.5 Å². The molecule has 2 saturated carbocycles. The number of ether oxygens (including phenoxy) is 2. The Morgan fingerprint density at radius 1 is 1.29 bits per heavy atom. The van der Waals surface area contributed by atoms with Crippen LogP contribution in [0.15, 0.2) is 16.6 Å². The lowest BCUT2D eigenvalue weighted by Gasteiger charge is -2.28. The average molecular weight is 352 g/mol. The van der Waals surface area contributed by atoms with Crippen molar-refractivity contribution >= 4 is 15.9 Å². The van der Waals surface area contributed by atoms with E-state index >= 15 is 0 Å². The summed E-state index contributed by atoms with van der Waals surface area (Å²) < 4.78 is 11.9. The second-order valence-corrected chi connectivity index (χ2v) is 7.67. The van der Waals surface area contributed by atoms with Gasteiger partial charge in [0.1, 0.15) is 0 Å². The quantitative estimate of drug-likeness (QED) is 0.885. The summed E-state index contributed by atoms with van der Waals surface area (Å²) in [5.41, 5.74) is 1.25. The van der Waals surface area contributed by atoms with Crippen molar-refractivity contribution < 1.29 is 9.47 Å². The van der Waals surface area contributed by atoms with Crippen molar-refractivity contribution in [1.29, 1.82) is 0 Å². The van der Waals surface area contributed by atoms with Crippen LogP contribution in [0.2, 0.25) is 0 Å². The van der Waals surface area contributed by atoms with Gasteiger partial charge in [0.25, 0.3) is 0 Å². The van der Waals surface area contributed by atoms with Crippen LogP contribution < -0.4 is 14.8 Å². The van der Waals surface area contributed by atoms with Crippen molar-refractivity contribution in [3.63, 3.8) is 0 Å². The van der Waals surface area contributed by atoms with Gasteiger partial charge >= 0.3 is 0 Å². The topological polar surface area (TPSA) is 30.5 Å². The molecule has 2 bridgehead atoms. The van der Waals surface area contributed by atoms with E-state index in [-0.39, 0.29) is 0 Å². The van der Waals surface area contributed by atoms with Gasteiger partial charge in [-0.05, 0) is 77.6 Å². The maximum atomic E-state index is 5.49. The number of nitrogens with one attached hydrogen (secondary N) is 1. The minimum atomic E-state index is 0.326. The molecule has 2 fully saturated rings. The Hall–Kier alpha value is -0.740. The zero-order chi connectivity index (χ0) is 14.4. The second kappa shape index (κ2) is 5.47. The predicted molar refractivity (Wildman–Crippen MR) is 85.5 cm³/mol. The molecule has 0 radical (unpaired) electrons. The van der Waals surface area contributed by atoms with Crippen LogP contribution in [0.4, 0.5) is 0 Å². The lowest BCUT2D eigenvalue weighted by Crippen LogP contribution is -2.35. The fourth-order valence-electron chi connectivity index (χ4n) is 4.46. The summed E-state index contributed by atoms with van der Waals surface area (Å²) in [6, 6.07) is 4.83. The standard InChI is InChI=1S/C17H22BrNO2/c1-10(14-5-11-2-3-13(14)4-11)19-8-12-6-15(18)17-16(7-12)20-9-21-17/h6-7,10-11,13-14,19H,2-5,8-9H2,1H3. The first-order valence-corrected chi connectivity index (χ1v) is 8.81. The smallest absolute Gasteiger partial charge is 0.231 e. The van der Waals surface area contributed by atoms with Crippen LogP contribution in [0.5, 0.6) is 11.5 Å². The van der Waals surface area contributed by atoms with Gasteiger partial charge in [-0.1, -0.05) is 6.42 Å². The van der Waals surface area contributed by atoms with Crippen molar-refractivity contribution in [2.45, 2.75) is 45.2 Å². The van der Waals surface area contributed by atoms with Gasteiger partial charge < -0.3 is 14.8 Å². The van der Waals surface area contributed by atoms with Crippen molar-refractivity contribution in [1.82, 2.24) is 5.32 Å².